The van der Waals surface area contributed by atoms with Crippen molar-refractivity contribution in [3.8, 4) is 0 Å². The molecule has 6 heteroatoms. The van der Waals surface area contributed by atoms with E-state index >= 15 is 0 Å². The van der Waals surface area contributed by atoms with Gasteiger partial charge in [-0.05, 0) is 38.1 Å². The van der Waals surface area contributed by atoms with Crippen LogP contribution in [0.4, 0.5) is 17.5 Å². The van der Waals surface area contributed by atoms with Gasteiger partial charge in [0.2, 0.25) is 5.95 Å². The fourth-order valence-electron chi connectivity index (χ4n) is 2.54. The number of amides is 1. The van der Waals surface area contributed by atoms with Gasteiger partial charge >= 0.3 is 0 Å². The van der Waals surface area contributed by atoms with Crippen LogP contribution in [0.5, 0.6) is 0 Å². The van der Waals surface area contributed by atoms with Gasteiger partial charge in [0.25, 0.3) is 5.91 Å². The molecule has 0 saturated carbocycles. The molecule has 0 bridgehead atoms. The summed E-state index contributed by atoms with van der Waals surface area (Å²) in [6.07, 6.45) is 0. The Balaban J connectivity index is 1.53. The first-order valence-corrected chi connectivity index (χ1v) is 8.87. The van der Waals surface area contributed by atoms with Crippen molar-refractivity contribution in [2.75, 3.05) is 23.7 Å². The zero-order valence-corrected chi connectivity index (χ0v) is 15.5. The summed E-state index contributed by atoms with van der Waals surface area (Å²) in [5.74, 6) is 1.16. The van der Waals surface area contributed by atoms with E-state index in [0.29, 0.717) is 24.6 Å². The number of anilines is 3. The average molecular weight is 361 g/mol. The lowest BCUT2D eigenvalue weighted by molar-refractivity contribution is 0.0955. The maximum atomic E-state index is 12.0. The molecule has 0 aliphatic carbocycles. The predicted octanol–water partition coefficient (Wildman–Crippen LogP) is 3.68. The van der Waals surface area contributed by atoms with Crippen LogP contribution in [0.25, 0.3) is 0 Å². The van der Waals surface area contributed by atoms with Crippen molar-refractivity contribution in [1.29, 1.82) is 0 Å². The molecule has 3 aromatic rings. The largest absolute Gasteiger partial charge is 0.352 e. The van der Waals surface area contributed by atoms with E-state index < -0.39 is 0 Å². The number of benzene rings is 2. The lowest BCUT2D eigenvalue weighted by Crippen LogP contribution is -2.29. The van der Waals surface area contributed by atoms with Crippen molar-refractivity contribution in [3.63, 3.8) is 0 Å². The Morgan fingerprint density at radius 2 is 1.67 bits per heavy atom. The van der Waals surface area contributed by atoms with Crippen LogP contribution in [-0.2, 0) is 0 Å². The van der Waals surface area contributed by atoms with Gasteiger partial charge in [-0.25, -0.2) is 4.98 Å². The third-order valence-electron chi connectivity index (χ3n) is 3.91. The molecule has 2 aromatic carbocycles. The maximum Gasteiger partial charge on any atom is 0.251 e. The first kappa shape index (κ1) is 18.4. The quantitative estimate of drug-likeness (QED) is 0.560. The molecule has 0 aliphatic heterocycles. The number of nitrogens with one attached hydrogen (secondary N) is 3. The van der Waals surface area contributed by atoms with Crippen LogP contribution in [0.1, 0.15) is 21.6 Å². The Morgan fingerprint density at radius 3 is 2.41 bits per heavy atom. The molecule has 1 aromatic heterocycles. The highest BCUT2D eigenvalue weighted by atomic mass is 16.1. The van der Waals surface area contributed by atoms with Gasteiger partial charge in [-0.2, -0.15) is 4.98 Å². The molecular formula is C21H23N5O. The Morgan fingerprint density at radius 1 is 0.926 bits per heavy atom. The van der Waals surface area contributed by atoms with Crippen LogP contribution in [0.3, 0.4) is 0 Å². The standard InChI is InChI=1S/C21H23N5O/c1-15-8-10-18(11-9-15)25-19-14-16(2)24-21(26-19)23-13-12-22-20(27)17-6-4-3-5-7-17/h3-11,14H,12-13H2,1-2H3,(H,22,27)(H2,23,24,25,26). The molecule has 3 rings (SSSR count). The van der Waals surface area contributed by atoms with Gasteiger partial charge in [0.05, 0.1) is 0 Å². The predicted molar refractivity (Wildman–Crippen MR) is 108 cm³/mol. The second-order valence-electron chi connectivity index (χ2n) is 6.26. The summed E-state index contributed by atoms with van der Waals surface area (Å²) >= 11 is 0. The molecule has 27 heavy (non-hydrogen) atoms. The van der Waals surface area contributed by atoms with Gasteiger partial charge < -0.3 is 16.0 Å². The number of rotatable bonds is 7. The lowest BCUT2D eigenvalue weighted by atomic mass is 10.2. The van der Waals surface area contributed by atoms with Gasteiger partial charge in [0.15, 0.2) is 0 Å². The van der Waals surface area contributed by atoms with E-state index in [0.717, 1.165) is 17.2 Å². The first-order chi connectivity index (χ1) is 13.1. The van der Waals surface area contributed by atoms with Crippen LogP contribution < -0.4 is 16.0 Å². The van der Waals surface area contributed by atoms with E-state index in [4.69, 9.17) is 0 Å². The van der Waals surface area contributed by atoms with Crippen molar-refractivity contribution >= 4 is 23.4 Å². The van der Waals surface area contributed by atoms with Gasteiger partial charge in [0.1, 0.15) is 5.82 Å². The third kappa shape index (κ3) is 5.54. The maximum absolute atomic E-state index is 12.0. The van der Waals surface area contributed by atoms with Crippen molar-refractivity contribution in [1.82, 2.24) is 15.3 Å². The summed E-state index contributed by atoms with van der Waals surface area (Å²) < 4.78 is 0. The van der Waals surface area contributed by atoms with Gasteiger partial charge in [-0.3, -0.25) is 4.79 Å². The summed E-state index contributed by atoms with van der Waals surface area (Å²) in [5, 5.41) is 9.30. The SMILES string of the molecule is Cc1ccc(Nc2cc(C)nc(NCCNC(=O)c3ccccc3)n2)cc1. The van der Waals surface area contributed by atoms with E-state index in [9.17, 15) is 4.79 Å². The molecule has 0 fully saturated rings. The Kier molecular flexibility index (Phi) is 5.99. The minimum absolute atomic E-state index is 0.0933. The fraction of sp³-hybridized carbons (Fsp3) is 0.190. The van der Waals surface area contributed by atoms with E-state index in [2.05, 4.69) is 32.8 Å². The number of carbonyl (C=O) groups excluding carboxylic acids is 1. The van der Waals surface area contributed by atoms with Gasteiger partial charge in [-0.15, -0.1) is 0 Å². The molecule has 0 saturated heterocycles. The van der Waals surface area contributed by atoms with Crippen molar-refractivity contribution in [2.24, 2.45) is 0 Å². The molecule has 0 unspecified atom stereocenters. The number of aromatic nitrogens is 2. The van der Waals surface area contributed by atoms with Crippen LogP contribution >= 0.6 is 0 Å². The Bertz CT molecular complexity index is 894. The van der Waals surface area contributed by atoms with E-state index in [1.165, 1.54) is 5.56 Å². The Labute approximate surface area is 159 Å². The highest BCUT2D eigenvalue weighted by Crippen LogP contribution is 2.17. The highest BCUT2D eigenvalue weighted by Gasteiger charge is 2.05. The van der Waals surface area contributed by atoms with Crippen LogP contribution in [0, 0.1) is 13.8 Å². The fourth-order valence-corrected chi connectivity index (χ4v) is 2.54. The topological polar surface area (TPSA) is 78.9 Å². The molecule has 0 aliphatic rings. The van der Waals surface area contributed by atoms with E-state index in [1.54, 1.807) is 12.1 Å². The number of aryl methyl sites for hydroxylation is 2. The van der Waals surface area contributed by atoms with Crippen molar-refractivity contribution < 1.29 is 4.79 Å². The van der Waals surface area contributed by atoms with E-state index in [1.807, 2.05) is 55.5 Å². The molecule has 138 valence electrons. The zero-order valence-electron chi connectivity index (χ0n) is 15.5. The summed E-state index contributed by atoms with van der Waals surface area (Å²) in [6.45, 7) is 4.99. The first-order valence-electron chi connectivity index (χ1n) is 8.87. The summed E-state index contributed by atoms with van der Waals surface area (Å²) in [4.78, 5) is 20.9. The monoisotopic (exact) mass is 361 g/mol. The summed E-state index contributed by atoms with van der Waals surface area (Å²) in [6, 6.07) is 19.2. The molecule has 3 N–H and O–H groups in total. The second-order valence-corrected chi connectivity index (χ2v) is 6.26. The van der Waals surface area contributed by atoms with Crippen LogP contribution in [-0.4, -0.2) is 29.0 Å². The van der Waals surface area contributed by atoms with Gasteiger partial charge in [-0.1, -0.05) is 35.9 Å². The minimum atomic E-state index is -0.0933. The minimum Gasteiger partial charge on any atom is -0.352 e. The summed E-state index contributed by atoms with van der Waals surface area (Å²) in [5.41, 5.74) is 3.68. The Hall–Kier alpha value is -3.41. The smallest absolute Gasteiger partial charge is 0.251 e. The molecule has 1 heterocycles. The average Bonchev–Trinajstić information content (AvgIpc) is 2.67. The lowest BCUT2D eigenvalue weighted by Gasteiger charge is -2.11. The number of carbonyl (C=O) groups is 1. The second kappa shape index (κ2) is 8.80. The number of hydrogen-bond donors (Lipinski definition) is 3. The highest BCUT2D eigenvalue weighted by molar-refractivity contribution is 5.94. The normalized spacial score (nSPS) is 10.3. The van der Waals surface area contributed by atoms with Gasteiger partial charge in [0, 0.05) is 36.1 Å². The molecule has 0 radical (unpaired) electrons. The van der Waals surface area contributed by atoms with Crippen molar-refractivity contribution in [2.45, 2.75) is 13.8 Å². The third-order valence-corrected chi connectivity index (χ3v) is 3.91. The summed E-state index contributed by atoms with van der Waals surface area (Å²) in [7, 11) is 0. The number of hydrogen-bond acceptors (Lipinski definition) is 5. The van der Waals surface area contributed by atoms with Crippen LogP contribution in [0.2, 0.25) is 0 Å². The molecule has 6 nitrogen and oxygen atoms in total. The van der Waals surface area contributed by atoms with E-state index in [-0.39, 0.29) is 5.91 Å². The molecule has 0 atom stereocenters. The van der Waals surface area contributed by atoms with Crippen molar-refractivity contribution in [3.05, 3.63) is 77.5 Å². The molecular weight excluding hydrogens is 338 g/mol. The molecule has 0 spiro atoms. The molecule has 1 amide bonds. The van der Waals surface area contributed by atoms with Crippen LogP contribution in [0.15, 0.2) is 60.7 Å². The number of nitrogens with zero attached hydrogens (tertiary/aromatic N) is 2. The zero-order chi connectivity index (χ0) is 19.1.